The topological polar surface area (TPSA) is 34.5 Å². The van der Waals surface area contributed by atoms with Gasteiger partial charge < -0.3 is 14.2 Å². The van der Waals surface area contributed by atoms with Crippen molar-refractivity contribution in [3.8, 4) is 5.75 Å². The molecule has 4 heteroatoms. The first-order chi connectivity index (χ1) is 9.19. The molecule has 1 aromatic carbocycles. The van der Waals surface area contributed by atoms with Gasteiger partial charge in [-0.2, -0.15) is 0 Å². The summed E-state index contributed by atoms with van der Waals surface area (Å²) in [7, 11) is 3.56. The Morgan fingerprint density at radius 3 is 2.89 bits per heavy atom. The van der Waals surface area contributed by atoms with Crippen LogP contribution in [0.3, 0.4) is 0 Å². The molecule has 0 spiro atoms. The van der Waals surface area contributed by atoms with Crippen LogP contribution in [0.5, 0.6) is 5.75 Å². The normalized spacial score (nSPS) is 14.6. The van der Waals surface area contributed by atoms with E-state index in [1.54, 1.807) is 7.11 Å². The third-order valence-corrected chi connectivity index (χ3v) is 3.77. The van der Waals surface area contributed by atoms with Crippen molar-refractivity contribution in [1.82, 2.24) is 9.47 Å². The number of rotatable bonds is 4. The molecule has 0 atom stereocenters. The number of carbonyl (C=O) groups excluding carboxylic acids is 1. The van der Waals surface area contributed by atoms with E-state index in [1.165, 1.54) is 0 Å². The average Bonchev–Trinajstić information content (AvgIpc) is 3.20. The van der Waals surface area contributed by atoms with Crippen molar-refractivity contribution in [3.63, 3.8) is 0 Å². The fourth-order valence-electron chi connectivity index (χ4n) is 2.37. The molecular formula is C15H18N2O2. The molecule has 2 aromatic rings. The lowest BCUT2D eigenvalue weighted by Crippen LogP contribution is -2.31. The van der Waals surface area contributed by atoms with Crippen LogP contribution >= 0.6 is 0 Å². The summed E-state index contributed by atoms with van der Waals surface area (Å²) in [6.45, 7) is 0.406. The second-order valence-electron chi connectivity index (χ2n) is 5.10. The van der Waals surface area contributed by atoms with E-state index in [1.807, 2.05) is 47.0 Å². The van der Waals surface area contributed by atoms with Crippen LogP contribution in [0, 0.1) is 0 Å². The van der Waals surface area contributed by atoms with E-state index in [4.69, 9.17) is 4.74 Å². The first-order valence-electron chi connectivity index (χ1n) is 6.57. The highest BCUT2D eigenvalue weighted by molar-refractivity contribution is 5.84. The standard InChI is InChI=1S/C15H18N2O2/c1-16(12-3-4-12)15(18)10-17-8-7-11-9-13(19-2)5-6-14(11)17/h5-9,12H,3-4,10H2,1-2H3. The quantitative estimate of drug-likeness (QED) is 0.843. The first-order valence-corrected chi connectivity index (χ1v) is 6.57. The molecule has 1 aliphatic carbocycles. The van der Waals surface area contributed by atoms with E-state index >= 15 is 0 Å². The maximum Gasteiger partial charge on any atom is 0.242 e. The average molecular weight is 258 g/mol. The minimum atomic E-state index is 0.177. The number of amides is 1. The summed E-state index contributed by atoms with van der Waals surface area (Å²) in [5, 5.41) is 1.10. The second-order valence-corrected chi connectivity index (χ2v) is 5.10. The molecule has 1 aliphatic rings. The summed E-state index contributed by atoms with van der Waals surface area (Å²) in [5.74, 6) is 1.02. The monoisotopic (exact) mass is 258 g/mol. The number of aromatic nitrogens is 1. The van der Waals surface area contributed by atoms with Crippen LogP contribution in [0.2, 0.25) is 0 Å². The Kier molecular flexibility index (Phi) is 2.93. The van der Waals surface area contributed by atoms with Crippen LogP contribution in [-0.4, -0.2) is 35.6 Å². The lowest BCUT2D eigenvalue weighted by Gasteiger charge is -2.17. The smallest absolute Gasteiger partial charge is 0.242 e. The van der Waals surface area contributed by atoms with Crippen molar-refractivity contribution in [2.45, 2.75) is 25.4 Å². The summed E-state index contributed by atoms with van der Waals surface area (Å²) in [5.41, 5.74) is 1.07. The molecule has 4 nitrogen and oxygen atoms in total. The van der Waals surface area contributed by atoms with Gasteiger partial charge in [0.25, 0.3) is 0 Å². The van der Waals surface area contributed by atoms with Crippen LogP contribution in [-0.2, 0) is 11.3 Å². The highest BCUT2D eigenvalue weighted by Gasteiger charge is 2.29. The summed E-state index contributed by atoms with van der Waals surface area (Å²) in [4.78, 5) is 14.0. The van der Waals surface area contributed by atoms with E-state index in [2.05, 4.69) is 0 Å². The molecule has 0 aliphatic heterocycles. The molecular weight excluding hydrogens is 240 g/mol. The van der Waals surface area contributed by atoms with E-state index in [9.17, 15) is 4.79 Å². The van der Waals surface area contributed by atoms with E-state index < -0.39 is 0 Å². The van der Waals surface area contributed by atoms with Crippen LogP contribution < -0.4 is 4.74 Å². The van der Waals surface area contributed by atoms with Gasteiger partial charge in [-0.15, -0.1) is 0 Å². The zero-order valence-electron chi connectivity index (χ0n) is 11.3. The summed E-state index contributed by atoms with van der Waals surface area (Å²) in [6, 6.07) is 8.39. The Bertz CT molecular complexity index is 614. The number of hydrogen-bond donors (Lipinski definition) is 0. The highest BCUT2D eigenvalue weighted by atomic mass is 16.5. The molecule has 0 radical (unpaired) electrons. The highest BCUT2D eigenvalue weighted by Crippen LogP contribution is 2.26. The Balaban J connectivity index is 1.82. The second kappa shape index (κ2) is 4.61. The predicted octanol–water partition coefficient (Wildman–Crippen LogP) is 2.27. The number of fused-ring (bicyclic) bond motifs is 1. The van der Waals surface area contributed by atoms with E-state index in [-0.39, 0.29) is 5.91 Å². The summed E-state index contributed by atoms with van der Waals surface area (Å²) < 4.78 is 7.20. The number of hydrogen-bond acceptors (Lipinski definition) is 2. The maximum atomic E-state index is 12.1. The van der Waals surface area contributed by atoms with Gasteiger partial charge in [0, 0.05) is 30.2 Å². The Morgan fingerprint density at radius 2 is 2.21 bits per heavy atom. The van der Waals surface area contributed by atoms with Gasteiger partial charge in [0.15, 0.2) is 0 Å². The molecule has 1 heterocycles. The number of benzene rings is 1. The van der Waals surface area contributed by atoms with Crippen molar-refractivity contribution in [3.05, 3.63) is 30.5 Å². The molecule has 1 aromatic heterocycles. The largest absolute Gasteiger partial charge is 0.497 e. The predicted molar refractivity (Wildman–Crippen MR) is 74.3 cm³/mol. The minimum Gasteiger partial charge on any atom is -0.497 e. The van der Waals surface area contributed by atoms with Gasteiger partial charge in [0.05, 0.1) is 7.11 Å². The number of ether oxygens (including phenoxy) is 1. The first kappa shape index (κ1) is 12.1. The van der Waals surface area contributed by atoms with Crippen LogP contribution in [0.4, 0.5) is 0 Å². The molecule has 19 heavy (non-hydrogen) atoms. The van der Waals surface area contributed by atoms with Gasteiger partial charge in [-0.05, 0) is 37.1 Å². The van der Waals surface area contributed by atoms with Crippen molar-refractivity contribution >= 4 is 16.8 Å². The van der Waals surface area contributed by atoms with Gasteiger partial charge in [-0.25, -0.2) is 0 Å². The Morgan fingerprint density at radius 1 is 1.42 bits per heavy atom. The lowest BCUT2D eigenvalue weighted by molar-refractivity contribution is -0.130. The molecule has 3 rings (SSSR count). The minimum absolute atomic E-state index is 0.177. The van der Waals surface area contributed by atoms with E-state index in [0.29, 0.717) is 12.6 Å². The SMILES string of the molecule is COc1ccc2c(ccn2CC(=O)N(C)C2CC2)c1. The lowest BCUT2D eigenvalue weighted by atomic mass is 10.2. The molecule has 0 bridgehead atoms. The van der Waals surface area contributed by atoms with Gasteiger partial charge in [0.1, 0.15) is 12.3 Å². The van der Waals surface area contributed by atoms with Crippen molar-refractivity contribution < 1.29 is 9.53 Å². The van der Waals surface area contributed by atoms with Crippen LogP contribution in [0.1, 0.15) is 12.8 Å². The van der Waals surface area contributed by atoms with Crippen LogP contribution in [0.15, 0.2) is 30.5 Å². The number of likely N-dealkylation sites (N-methyl/N-ethyl adjacent to an activating group) is 1. The maximum absolute atomic E-state index is 12.1. The molecule has 100 valence electrons. The molecule has 0 saturated heterocycles. The number of nitrogens with zero attached hydrogens (tertiary/aromatic N) is 2. The van der Waals surface area contributed by atoms with Crippen molar-refractivity contribution in [2.75, 3.05) is 14.2 Å². The zero-order valence-corrected chi connectivity index (χ0v) is 11.3. The molecule has 1 fully saturated rings. The zero-order chi connectivity index (χ0) is 13.4. The van der Waals surface area contributed by atoms with Gasteiger partial charge in [0.2, 0.25) is 5.91 Å². The number of methoxy groups -OCH3 is 1. The molecule has 0 unspecified atom stereocenters. The molecule has 1 saturated carbocycles. The van der Waals surface area contributed by atoms with Crippen molar-refractivity contribution in [2.24, 2.45) is 0 Å². The van der Waals surface area contributed by atoms with E-state index in [0.717, 1.165) is 29.5 Å². The molecule has 1 amide bonds. The summed E-state index contributed by atoms with van der Waals surface area (Å²) >= 11 is 0. The van der Waals surface area contributed by atoms with Crippen LogP contribution in [0.25, 0.3) is 10.9 Å². The fraction of sp³-hybridized carbons (Fsp3) is 0.400. The van der Waals surface area contributed by atoms with Gasteiger partial charge >= 0.3 is 0 Å². The Labute approximate surface area is 112 Å². The van der Waals surface area contributed by atoms with Gasteiger partial charge in [-0.3, -0.25) is 4.79 Å². The third-order valence-electron chi connectivity index (χ3n) is 3.77. The number of carbonyl (C=O) groups is 1. The Hall–Kier alpha value is -1.97. The third kappa shape index (κ3) is 2.30. The van der Waals surface area contributed by atoms with Gasteiger partial charge in [-0.1, -0.05) is 0 Å². The van der Waals surface area contributed by atoms with Crippen molar-refractivity contribution in [1.29, 1.82) is 0 Å². The molecule has 0 N–H and O–H groups in total. The fourth-order valence-corrected chi connectivity index (χ4v) is 2.37. The summed E-state index contributed by atoms with van der Waals surface area (Å²) in [6.07, 6.45) is 4.25.